The van der Waals surface area contributed by atoms with E-state index >= 15 is 0 Å². The van der Waals surface area contributed by atoms with E-state index in [0.717, 1.165) is 18.7 Å². The van der Waals surface area contributed by atoms with Crippen molar-refractivity contribution in [3.63, 3.8) is 0 Å². The Labute approximate surface area is 113 Å². The van der Waals surface area contributed by atoms with Gasteiger partial charge in [-0.15, -0.1) is 0 Å². The Hall–Kier alpha value is -1.40. The molecule has 1 aromatic heterocycles. The van der Waals surface area contributed by atoms with Crippen molar-refractivity contribution in [1.82, 2.24) is 20.4 Å². The lowest BCUT2D eigenvalue weighted by Crippen LogP contribution is -2.44. The van der Waals surface area contributed by atoms with Crippen LogP contribution in [0.25, 0.3) is 0 Å². The van der Waals surface area contributed by atoms with E-state index in [1.54, 1.807) is 4.68 Å². The zero-order chi connectivity index (χ0) is 13.9. The quantitative estimate of drug-likeness (QED) is 0.696. The fraction of sp³-hybridized carbons (Fsp3) is 0.692. The molecule has 1 saturated heterocycles. The number of aryl methyl sites for hydroxylation is 2. The highest BCUT2D eigenvalue weighted by Gasteiger charge is 2.31. The predicted molar refractivity (Wildman–Crippen MR) is 72.0 cm³/mol. The molecule has 0 aliphatic carbocycles. The predicted octanol–water partition coefficient (Wildman–Crippen LogP) is -0.0804. The topological polar surface area (TPSA) is 79.2 Å². The molecule has 0 radical (unpaired) electrons. The second-order valence-corrected chi connectivity index (χ2v) is 5.02. The summed E-state index contributed by atoms with van der Waals surface area (Å²) >= 11 is 0. The minimum absolute atomic E-state index is 0.172. The minimum atomic E-state index is -0.819. The average Bonchev–Trinajstić information content (AvgIpc) is 3.02. The molecule has 2 rings (SSSR count). The molecule has 6 nitrogen and oxygen atoms in total. The highest BCUT2D eigenvalue weighted by atomic mass is 16.3. The van der Waals surface area contributed by atoms with Gasteiger partial charge in [-0.25, -0.2) is 0 Å². The lowest BCUT2D eigenvalue weighted by molar-refractivity contribution is 0.0558. The Balaban J connectivity index is 2.01. The zero-order valence-corrected chi connectivity index (χ0v) is 11.6. The van der Waals surface area contributed by atoms with Gasteiger partial charge in [0.15, 0.2) is 0 Å². The van der Waals surface area contributed by atoms with Gasteiger partial charge >= 0.3 is 0 Å². The number of carbonyl (C=O) groups is 1. The van der Waals surface area contributed by atoms with Gasteiger partial charge in [0, 0.05) is 19.6 Å². The molecule has 3 N–H and O–H groups in total. The van der Waals surface area contributed by atoms with Gasteiger partial charge in [-0.2, -0.15) is 5.10 Å². The standard InChI is InChI=1S/C13H22N4O2/c1-3-10-7-11(17(4-2)16-10)12(18)15-9-13(19)5-6-14-8-13/h7,14,19H,3-6,8-9H2,1-2H3,(H,15,18). The zero-order valence-electron chi connectivity index (χ0n) is 11.6. The SMILES string of the molecule is CCc1cc(C(=O)NCC2(O)CCNC2)n(CC)n1. The smallest absolute Gasteiger partial charge is 0.269 e. The normalized spacial score (nSPS) is 22.7. The Morgan fingerprint density at radius 1 is 1.63 bits per heavy atom. The molecule has 1 fully saturated rings. The van der Waals surface area contributed by atoms with E-state index in [1.807, 2.05) is 19.9 Å². The summed E-state index contributed by atoms with van der Waals surface area (Å²) in [5, 5.41) is 20.4. The fourth-order valence-electron chi connectivity index (χ4n) is 2.28. The van der Waals surface area contributed by atoms with Gasteiger partial charge in [0.25, 0.3) is 5.91 Å². The van der Waals surface area contributed by atoms with Crippen LogP contribution in [0.2, 0.25) is 0 Å². The number of rotatable bonds is 5. The van der Waals surface area contributed by atoms with Crippen LogP contribution in [0.5, 0.6) is 0 Å². The molecule has 0 saturated carbocycles. The monoisotopic (exact) mass is 266 g/mol. The number of hydrogen-bond donors (Lipinski definition) is 3. The van der Waals surface area contributed by atoms with Crippen LogP contribution in [0.4, 0.5) is 0 Å². The number of hydrogen-bond acceptors (Lipinski definition) is 4. The van der Waals surface area contributed by atoms with Gasteiger partial charge in [0.05, 0.1) is 11.3 Å². The van der Waals surface area contributed by atoms with Crippen LogP contribution in [0, 0.1) is 0 Å². The van der Waals surface area contributed by atoms with E-state index in [1.165, 1.54) is 0 Å². The minimum Gasteiger partial charge on any atom is -0.387 e. The summed E-state index contributed by atoms with van der Waals surface area (Å²) in [5.74, 6) is -0.172. The highest BCUT2D eigenvalue weighted by molar-refractivity contribution is 5.92. The van der Waals surface area contributed by atoms with Gasteiger partial charge in [0.2, 0.25) is 0 Å². The Bertz CT molecular complexity index is 449. The van der Waals surface area contributed by atoms with Gasteiger partial charge < -0.3 is 15.7 Å². The van der Waals surface area contributed by atoms with Gasteiger partial charge in [-0.3, -0.25) is 9.48 Å². The summed E-state index contributed by atoms with van der Waals surface area (Å²) in [4.78, 5) is 12.1. The molecular formula is C13H22N4O2. The number of aliphatic hydroxyl groups is 1. The number of nitrogens with zero attached hydrogens (tertiary/aromatic N) is 2. The third-order valence-corrected chi connectivity index (χ3v) is 3.52. The third kappa shape index (κ3) is 3.13. The van der Waals surface area contributed by atoms with Crippen LogP contribution in [0.15, 0.2) is 6.07 Å². The molecule has 0 spiro atoms. The summed E-state index contributed by atoms with van der Waals surface area (Å²) in [7, 11) is 0. The van der Waals surface area contributed by atoms with E-state index in [4.69, 9.17) is 0 Å². The first-order chi connectivity index (χ1) is 9.08. The maximum absolute atomic E-state index is 12.1. The summed E-state index contributed by atoms with van der Waals surface area (Å²) in [5.41, 5.74) is 0.655. The average molecular weight is 266 g/mol. The molecule has 1 atom stereocenters. The maximum atomic E-state index is 12.1. The van der Waals surface area contributed by atoms with Crippen molar-refractivity contribution in [2.75, 3.05) is 19.6 Å². The molecule has 0 bridgehead atoms. The summed E-state index contributed by atoms with van der Waals surface area (Å²) in [6, 6.07) is 1.82. The first kappa shape index (κ1) is 14.0. The van der Waals surface area contributed by atoms with Crippen molar-refractivity contribution >= 4 is 5.91 Å². The maximum Gasteiger partial charge on any atom is 0.269 e. The summed E-state index contributed by atoms with van der Waals surface area (Å²) in [6.45, 7) is 6.22. The summed E-state index contributed by atoms with van der Waals surface area (Å²) < 4.78 is 1.70. The van der Waals surface area contributed by atoms with E-state index in [9.17, 15) is 9.90 Å². The molecule has 1 aromatic rings. The van der Waals surface area contributed by atoms with Crippen molar-refractivity contribution in [3.05, 3.63) is 17.5 Å². The first-order valence-electron chi connectivity index (χ1n) is 6.86. The molecule has 106 valence electrons. The molecule has 2 heterocycles. The molecule has 6 heteroatoms. The number of aromatic nitrogens is 2. The van der Waals surface area contributed by atoms with Crippen molar-refractivity contribution in [1.29, 1.82) is 0 Å². The van der Waals surface area contributed by atoms with Crippen LogP contribution in [0.1, 0.15) is 36.5 Å². The van der Waals surface area contributed by atoms with Crippen LogP contribution in [-0.2, 0) is 13.0 Å². The van der Waals surface area contributed by atoms with Gasteiger partial charge in [-0.1, -0.05) is 6.92 Å². The fourth-order valence-corrected chi connectivity index (χ4v) is 2.28. The molecule has 1 aliphatic rings. The molecule has 0 aromatic carbocycles. The van der Waals surface area contributed by atoms with Crippen molar-refractivity contribution in [2.45, 2.75) is 38.8 Å². The van der Waals surface area contributed by atoms with Crippen LogP contribution in [0.3, 0.4) is 0 Å². The number of nitrogens with one attached hydrogen (secondary N) is 2. The van der Waals surface area contributed by atoms with Crippen molar-refractivity contribution < 1.29 is 9.90 Å². The third-order valence-electron chi connectivity index (χ3n) is 3.52. The first-order valence-corrected chi connectivity index (χ1v) is 6.86. The lowest BCUT2D eigenvalue weighted by atomic mass is 10.0. The second kappa shape index (κ2) is 5.71. The molecule has 1 aliphatic heterocycles. The largest absolute Gasteiger partial charge is 0.387 e. The Morgan fingerprint density at radius 3 is 3.00 bits per heavy atom. The second-order valence-electron chi connectivity index (χ2n) is 5.02. The Kier molecular flexibility index (Phi) is 4.21. The molecule has 19 heavy (non-hydrogen) atoms. The van der Waals surface area contributed by atoms with Crippen LogP contribution in [-0.4, -0.2) is 46.0 Å². The van der Waals surface area contributed by atoms with E-state index < -0.39 is 5.60 Å². The molecule has 1 amide bonds. The number of amides is 1. The molecular weight excluding hydrogens is 244 g/mol. The van der Waals surface area contributed by atoms with E-state index in [0.29, 0.717) is 25.2 Å². The highest BCUT2D eigenvalue weighted by Crippen LogP contribution is 2.13. The van der Waals surface area contributed by atoms with Gasteiger partial charge in [-0.05, 0) is 32.4 Å². The van der Waals surface area contributed by atoms with Crippen molar-refractivity contribution in [2.24, 2.45) is 0 Å². The summed E-state index contributed by atoms with van der Waals surface area (Å²) in [6.07, 6.45) is 1.47. The number of β-amino-alcohol motifs (C(OH)–C–C–N with tert-alkyl or cyclic N) is 1. The van der Waals surface area contributed by atoms with E-state index in [-0.39, 0.29) is 12.5 Å². The Morgan fingerprint density at radius 2 is 2.42 bits per heavy atom. The van der Waals surface area contributed by atoms with Crippen molar-refractivity contribution in [3.8, 4) is 0 Å². The van der Waals surface area contributed by atoms with Crippen LogP contribution < -0.4 is 10.6 Å². The number of carbonyl (C=O) groups excluding carboxylic acids is 1. The molecule has 1 unspecified atom stereocenters. The van der Waals surface area contributed by atoms with E-state index in [2.05, 4.69) is 15.7 Å². The van der Waals surface area contributed by atoms with Gasteiger partial charge in [0.1, 0.15) is 5.69 Å². The lowest BCUT2D eigenvalue weighted by Gasteiger charge is -2.21. The van der Waals surface area contributed by atoms with Crippen LogP contribution >= 0.6 is 0 Å².